The molecule has 0 aliphatic carbocycles. The molecule has 0 aliphatic heterocycles. The Kier molecular flexibility index (Phi) is 7.69. The maximum absolute atomic E-state index is 8.51. The van der Waals surface area contributed by atoms with Crippen LogP contribution in [0.1, 0.15) is 31.9 Å². The normalized spacial score (nSPS) is 13.7. The molecule has 0 saturated carbocycles. The standard InChI is InChI=1S/C15H26N4O/c1-3-19(4-2)14(13-8-6-5-7-9-13)12-17-11-10-15(16)18-20/h5-9,14,17,20H,3-4,10-12H2,1-2H3,(H2,16,18). The summed E-state index contributed by atoms with van der Waals surface area (Å²) in [6.07, 6.45) is 0.552. The summed E-state index contributed by atoms with van der Waals surface area (Å²) in [6, 6.07) is 10.8. The molecule has 4 N–H and O–H groups in total. The van der Waals surface area contributed by atoms with Crippen LogP contribution in [0.2, 0.25) is 0 Å². The van der Waals surface area contributed by atoms with Crippen molar-refractivity contribution in [2.45, 2.75) is 26.3 Å². The molecule has 0 fully saturated rings. The zero-order valence-corrected chi connectivity index (χ0v) is 12.4. The topological polar surface area (TPSA) is 73.9 Å². The zero-order valence-electron chi connectivity index (χ0n) is 12.4. The number of rotatable bonds is 9. The number of amidine groups is 1. The van der Waals surface area contributed by atoms with Gasteiger partial charge in [-0.3, -0.25) is 4.90 Å². The Morgan fingerprint density at radius 3 is 2.50 bits per heavy atom. The Labute approximate surface area is 121 Å². The molecule has 1 unspecified atom stereocenters. The Morgan fingerprint density at radius 1 is 1.30 bits per heavy atom. The van der Waals surface area contributed by atoms with Crippen LogP contribution in [-0.4, -0.2) is 42.1 Å². The average Bonchev–Trinajstić information content (AvgIpc) is 2.51. The number of hydrogen-bond donors (Lipinski definition) is 3. The molecule has 0 aliphatic rings. The van der Waals surface area contributed by atoms with E-state index in [1.165, 1.54) is 5.56 Å². The number of nitrogens with two attached hydrogens (primary N) is 1. The molecule has 0 heterocycles. The van der Waals surface area contributed by atoms with Crippen molar-refractivity contribution in [3.8, 4) is 0 Å². The highest BCUT2D eigenvalue weighted by atomic mass is 16.4. The monoisotopic (exact) mass is 278 g/mol. The van der Waals surface area contributed by atoms with Gasteiger partial charge in [-0.25, -0.2) is 0 Å². The minimum atomic E-state index is 0.261. The molecular formula is C15H26N4O. The molecule has 0 aromatic heterocycles. The van der Waals surface area contributed by atoms with E-state index < -0.39 is 0 Å². The van der Waals surface area contributed by atoms with Crippen molar-refractivity contribution < 1.29 is 5.21 Å². The van der Waals surface area contributed by atoms with Crippen molar-refractivity contribution in [2.75, 3.05) is 26.2 Å². The lowest BCUT2D eigenvalue weighted by molar-refractivity contribution is 0.214. The summed E-state index contributed by atoms with van der Waals surface area (Å²) in [7, 11) is 0. The number of oxime groups is 1. The van der Waals surface area contributed by atoms with Gasteiger partial charge in [-0.1, -0.05) is 49.3 Å². The van der Waals surface area contributed by atoms with Crippen LogP contribution in [0, 0.1) is 0 Å². The third-order valence-corrected chi connectivity index (χ3v) is 3.46. The van der Waals surface area contributed by atoms with Crippen molar-refractivity contribution in [3.63, 3.8) is 0 Å². The van der Waals surface area contributed by atoms with E-state index in [-0.39, 0.29) is 5.84 Å². The van der Waals surface area contributed by atoms with E-state index in [1.807, 2.05) is 6.07 Å². The van der Waals surface area contributed by atoms with E-state index in [0.717, 1.165) is 19.6 Å². The molecule has 0 bridgehead atoms. The Hall–Kier alpha value is -1.59. The van der Waals surface area contributed by atoms with Crippen LogP contribution >= 0.6 is 0 Å². The zero-order chi connectivity index (χ0) is 14.8. The fraction of sp³-hybridized carbons (Fsp3) is 0.533. The van der Waals surface area contributed by atoms with E-state index in [0.29, 0.717) is 19.0 Å². The molecule has 1 aromatic rings. The predicted molar refractivity (Wildman–Crippen MR) is 83.0 cm³/mol. The summed E-state index contributed by atoms with van der Waals surface area (Å²) >= 11 is 0. The van der Waals surface area contributed by atoms with E-state index in [1.54, 1.807) is 0 Å². The molecule has 0 radical (unpaired) electrons. The van der Waals surface area contributed by atoms with Crippen molar-refractivity contribution in [3.05, 3.63) is 35.9 Å². The van der Waals surface area contributed by atoms with Crippen LogP contribution in [0.15, 0.2) is 35.5 Å². The predicted octanol–water partition coefficient (Wildman–Crippen LogP) is 1.80. The quantitative estimate of drug-likeness (QED) is 0.212. The Bertz CT molecular complexity index is 390. The van der Waals surface area contributed by atoms with Gasteiger partial charge in [0.15, 0.2) is 0 Å². The molecule has 20 heavy (non-hydrogen) atoms. The SMILES string of the molecule is CCN(CC)C(CNCCC(N)=NO)c1ccccc1. The van der Waals surface area contributed by atoms with Crippen molar-refractivity contribution >= 4 is 5.84 Å². The minimum Gasteiger partial charge on any atom is -0.409 e. The third-order valence-electron chi connectivity index (χ3n) is 3.46. The van der Waals surface area contributed by atoms with Crippen molar-refractivity contribution in [1.29, 1.82) is 0 Å². The number of hydrogen-bond acceptors (Lipinski definition) is 4. The lowest BCUT2D eigenvalue weighted by Crippen LogP contribution is -2.36. The van der Waals surface area contributed by atoms with Crippen LogP contribution < -0.4 is 11.1 Å². The first-order valence-electron chi connectivity index (χ1n) is 7.19. The molecular weight excluding hydrogens is 252 g/mol. The summed E-state index contributed by atoms with van der Waals surface area (Å²) in [6.45, 7) is 7.94. The summed E-state index contributed by atoms with van der Waals surface area (Å²) < 4.78 is 0. The highest BCUT2D eigenvalue weighted by molar-refractivity contribution is 5.79. The van der Waals surface area contributed by atoms with Gasteiger partial charge in [0.1, 0.15) is 5.84 Å². The third kappa shape index (κ3) is 5.19. The molecule has 0 saturated heterocycles. The minimum absolute atomic E-state index is 0.261. The first-order chi connectivity index (χ1) is 9.72. The van der Waals surface area contributed by atoms with Crippen LogP contribution in [-0.2, 0) is 0 Å². The second kappa shape index (κ2) is 9.34. The first-order valence-corrected chi connectivity index (χ1v) is 7.19. The molecule has 5 heteroatoms. The van der Waals surface area contributed by atoms with Gasteiger partial charge in [0.05, 0.1) is 0 Å². The van der Waals surface area contributed by atoms with Crippen LogP contribution in [0.3, 0.4) is 0 Å². The molecule has 1 rings (SSSR count). The van der Waals surface area contributed by atoms with Gasteiger partial charge >= 0.3 is 0 Å². The highest BCUT2D eigenvalue weighted by Gasteiger charge is 2.16. The molecule has 0 spiro atoms. The van der Waals surface area contributed by atoms with E-state index >= 15 is 0 Å². The van der Waals surface area contributed by atoms with Gasteiger partial charge in [0, 0.05) is 25.6 Å². The Balaban J connectivity index is 2.60. The number of likely N-dealkylation sites (N-methyl/N-ethyl adjacent to an activating group) is 1. The maximum atomic E-state index is 8.51. The first kappa shape index (κ1) is 16.5. The summed E-state index contributed by atoms with van der Waals surface area (Å²) in [5.74, 6) is 0.261. The largest absolute Gasteiger partial charge is 0.409 e. The molecule has 0 amide bonds. The maximum Gasteiger partial charge on any atom is 0.140 e. The lowest BCUT2D eigenvalue weighted by Gasteiger charge is -2.30. The van der Waals surface area contributed by atoms with Gasteiger partial charge in [0.2, 0.25) is 0 Å². The fourth-order valence-corrected chi connectivity index (χ4v) is 2.30. The lowest BCUT2D eigenvalue weighted by atomic mass is 10.1. The van der Waals surface area contributed by atoms with Gasteiger partial charge in [-0.05, 0) is 18.7 Å². The number of nitrogens with zero attached hydrogens (tertiary/aromatic N) is 2. The smallest absolute Gasteiger partial charge is 0.140 e. The summed E-state index contributed by atoms with van der Waals surface area (Å²) in [5, 5.41) is 14.9. The van der Waals surface area contributed by atoms with Crippen molar-refractivity contribution in [2.24, 2.45) is 10.9 Å². The highest BCUT2D eigenvalue weighted by Crippen LogP contribution is 2.19. The number of benzene rings is 1. The van der Waals surface area contributed by atoms with E-state index in [4.69, 9.17) is 10.9 Å². The van der Waals surface area contributed by atoms with E-state index in [9.17, 15) is 0 Å². The summed E-state index contributed by atoms with van der Waals surface area (Å²) in [5.41, 5.74) is 6.78. The fourth-order valence-electron chi connectivity index (χ4n) is 2.30. The van der Waals surface area contributed by atoms with Gasteiger partial charge < -0.3 is 16.3 Å². The van der Waals surface area contributed by atoms with Crippen LogP contribution in [0.5, 0.6) is 0 Å². The van der Waals surface area contributed by atoms with Crippen molar-refractivity contribution in [1.82, 2.24) is 10.2 Å². The molecule has 112 valence electrons. The molecule has 1 aromatic carbocycles. The second-order valence-electron chi connectivity index (χ2n) is 4.69. The van der Waals surface area contributed by atoms with Crippen LogP contribution in [0.4, 0.5) is 0 Å². The Morgan fingerprint density at radius 2 is 1.95 bits per heavy atom. The number of nitrogens with one attached hydrogen (secondary N) is 1. The van der Waals surface area contributed by atoms with Gasteiger partial charge in [-0.2, -0.15) is 0 Å². The van der Waals surface area contributed by atoms with Crippen LogP contribution in [0.25, 0.3) is 0 Å². The second-order valence-corrected chi connectivity index (χ2v) is 4.69. The summed E-state index contributed by atoms with van der Waals surface area (Å²) in [4.78, 5) is 2.42. The average molecular weight is 278 g/mol. The van der Waals surface area contributed by atoms with Gasteiger partial charge in [0.25, 0.3) is 0 Å². The molecule has 1 atom stereocenters. The van der Waals surface area contributed by atoms with Gasteiger partial charge in [-0.15, -0.1) is 0 Å². The molecule has 5 nitrogen and oxygen atoms in total. The van der Waals surface area contributed by atoms with E-state index in [2.05, 4.69) is 53.5 Å².